The van der Waals surface area contributed by atoms with Crippen molar-refractivity contribution >= 4 is 5.97 Å². The van der Waals surface area contributed by atoms with Gasteiger partial charge in [0.05, 0.1) is 0 Å². The number of rotatable bonds is 5. The number of aliphatic carboxylic acids is 1. The summed E-state index contributed by atoms with van der Waals surface area (Å²) in [6.45, 7) is 6.55. The minimum absolute atomic E-state index is 0.341. The van der Waals surface area contributed by atoms with Crippen LogP contribution in [0.3, 0.4) is 0 Å². The number of hydrogen-bond acceptors (Lipinski definition) is 2. The van der Waals surface area contributed by atoms with E-state index in [2.05, 4.69) is 20.8 Å². The largest absolute Gasteiger partial charge is 0.480 e. The van der Waals surface area contributed by atoms with Gasteiger partial charge in [0.1, 0.15) is 6.04 Å². The minimum atomic E-state index is -0.893. The van der Waals surface area contributed by atoms with E-state index in [9.17, 15) is 4.79 Å². The average molecular weight is 187 g/mol. The number of unbranched alkanes of at least 4 members (excludes halogenated alkanes) is 1. The van der Waals surface area contributed by atoms with Crippen LogP contribution in [0.1, 0.15) is 46.5 Å². The van der Waals surface area contributed by atoms with Gasteiger partial charge in [0.15, 0.2) is 0 Å². The fourth-order valence-electron chi connectivity index (χ4n) is 1.14. The van der Waals surface area contributed by atoms with Crippen LogP contribution in [0.2, 0.25) is 0 Å². The Morgan fingerprint density at radius 1 is 1.38 bits per heavy atom. The van der Waals surface area contributed by atoms with Gasteiger partial charge in [-0.25, -0.2) is 0 Å². The summed E-state index contributed by atoms with van der Waals surface area (Å²) in [7, 11) is 0. The molecule has 0 saturated carbocycles. The van der Waals surface area contributed by atoms with Crippen LogP contribution in [0.4, 0.5) is 0 Å². The molecule has 0 spiro atoms. The standard InChI is InChI=1S/C10H21NO2/c1-10(2,3)7-5-4-6-8(11)9(12)13/h8H,4-7,11H2,1-3H3,(H,12,13)/t8-/m0/s1. The Morgan fingerprint density at radius 3 is 2.31 bits per heavy atom. The molecule has 0 aromatic carbocycles. The predicted octanol–water partition coefficient (Wildman–Crippen LogP) is 2.00. The molecule has 0 amide bonds. The summed E-state index contributed by atoms with van der Waals surface area (Å²) in [5.74, 6) is -0.893. The van der Waals surface area contributed by atoms with Crippen LogP contribution in [0.15, 0.2) is 0 Å². The molecule has 3 heteroatoms. The molecule has 0 fully saturated rings. The first-order chi connectivity index (χ1) is 5.83. The van der Waals surface area contributed by atoms with Crippen LogP contribution in [-0.2, 0) is 4.79 Å². The quantitative estimate of drug-likeness (QED) is 0.647. The molecule has 0 unspecified atom stereocenters. The smallest absolute Gasteiger partial charge is 0.320 e. The van der Waals surface area contributed by atoms with Crippen LogP contribution in [0.25, 0.3) is 0 Å². The Balaban J connectivity index is 3.41. The number of carboxylic acid groups (broad SMARTS) is 1. The van der Waals surface area contributed by atoms with E-state index in [1.807, 2.05) is 0 Å². The molecule has 0 saturated heterocycles. The van der Waals surface area contributed by atoms with Crippen LogP contribution in [0, 0.1) is 5.41 Å². The predicted molar refractivity (Wildman–Crippen MR) is 53.5 cm³/mol. The zero-order chi connectivity index (χ0) is 10.5. The first kappa shape index (κ1) is 12.4. The zero-order valence-corrected chi connectivity index (χ0v) is 8.84. The van der Waals surface area contributed by atoms with Gasteiger partial charge in [-0.2, -0.15) is 0 Å². The lowest BCUT2D eigenvalue weighted by atomic mass is 9.89. The van der Waals surface area contributed by atoms with Crippen molar-refractivity contribution in [2.45, 2.75) is 52.5 Å². The highest BCUT2D eigenvalue weighted by Crippen LogP contribution is 2.22. The fraction of sp³-hybridized carbons (Fsp3) is 0.900. The molecule has 0 bridgehead atoms. The third kappa shape index (κ3) is 7.78. The third-order valence-corrected chi connectivity index (χ3v) is 2.01. The van der Waals surface area contributed by atoms with Gasteiger partial charge >= 0.3 is 5.97 Å². The lowest BCUT2D eigenvalue weighted by Crippen LogP contribution is -2.29. The molecule has 78 valence electrons. The molecule has 0 heterocycles. The van der Waals surface area contributed by atoms with E-state index in [1.165, 1.54) is 0 Å². The van der Waals surface area contributed by atoms with Crippen LogP contribution < -0.4 is 5.73 Å². The Hall–Kier alpha value is -0.570. The monoisotopic (exact) mass is 187 g/mol. The van der Waals surface area contributed by atoms with Crippen molar-refractivity contribution in [3.8, 4) is 0 Å². The molecule has 0 aromatic rings. The molecule has 0 aromatic heterocycles. The summed E-state index contributed by atoms with van der Waals surface area (Å²) in [6, 6.07) is -0.681. The van der Waals surface area contributed by atoms with Crippen molar-refractivity contribution in [2.75, 3.05) is 0 Å². The molecule has 3 N–H and O–H groups in total. The lowest BCUT2D eigenvalue weighted by molar-refractivity contribution is -0.138. The third-order valence-electron chi connectivity index (χ3n) is 2.01. The van der Waals surface area contributed by atoms with E-state index < -0.39 is 12.0 Å². The highest BCUT2D eigenvalue weighted by Gasteiger charge is 2.12. The highest BCUT2D eigenvalue weighted by molar-refractivity contribution is 5.72. The van der Waals surface area contributed by atoms with E-state index >= 15 is 0 Å². The number of nitrogens with two attached hydrogens (primary N) is 1. The number of carboxylic acids is 1. The van der Waals surface area contributed by atoms with Gasteiger partial charge in [0.25, 0.3) is 0 Å². The Bertz CT molecular complexity index is 161. The maximum absolute atomic E-state index is 10.4. The van der Waals surface area contributed by atoms with E-state index in [0.717, 1.165) is 19.3 Å². The second kappa shape index (κ2) is 5.22. The molecule has 13 heavy (non-hydrogen) atoms. The first-order valence-corrected chi connectivity index (χ1v) is 4.81. The minimum Gasteiger partial charge on any atom is -0.480 e. The fourth-order valence-corrected chi connectivity index (χ4v) is 1.14. The van der Waals surface area contributed by atoms with Gasteiger partial charge in [-0.1, -0.05) is 33.6 Å². The highest BCUT2D eigenvalue weighted by atomic mass is 16.4. The zero-order valence-electron chi connectivity index (χ0n) is 8.84. The Morgan fingerprint density at radius 2 is 1.92 bits per heavy atom. The van der Waals surface area contributed by atoms with Gasteiger partial charge in [-0.05, 0) is 18.3 Å². The molecule has 3 nitrogen and oxygen atoms in total. The van der Waals surface area contributed by atoms with Crippen LogP contribution in [0.5, 0.6) is 0 Å². The number of hydrogen-bond donors (Lipinski definition) is 2. The summed E-state index contributed by atoms with van der Waals surface area (Å²) >= 11 is 0. The topological polar surface area (TPSA) is 63.3 Å². The van der Waals surface area contributed by atoms with Gasteiger partial charge in [-0.15, -0.1) is 0 Å². The molecule has 0 aliphatic rings. The Kier molecular flexibility index (Phi) is 4.99. The molecule has 0 aliphatic carbocycles. The van der Waals surface area contributed by atoms with Crippen molar-refractivity contribution in [3.63, 3.8) is 0 Å². The van der Waals surface area contributed by atoms with Crippen LogP contribution >= 0.6 is 0 Å². The summed E-state index contributed by atoms with van der Waals surface area (Å²) in [5.41, 5.74) is 5.71. The van der Waals surface area contributed by atoms with Gasteiger partial charge < -0.3 is 10.8 Å². The lowest BCUT2D eigenvalue weighted by Gasteiger charge is -2.17. The molecule has 0 rings (SSSR count). The summed E-state index contributed by atoms with van der Waals surface area (Å²) in [5, 5.41) is 8.52. The molecular formula is C10H21NO2. The molecular weight excluding hydrogens is 166 g/mol. The Labute approximate surface area is 80.3 Å². The molecule has 1 atom stereocenters. The summed E-state index contributed by atoms with van der Waals surface area (Å²) in [4.78, 5) is 10.4. The van der Waals surface area contributed by atoms with Gasteiger partial charge in [0.2, 0.25) is 0 Å². The van der Waals surface area contributed by atoms with Crippen molar-refractivity contribution in [1.29, 1.82) is 0 Å². The van der Waals surface area contributed by atoms with Gasteiger partial charge in [0, 0.05) is 0 Å². The molecule has 0 radical (unpaired) electrons. The van der Waals surface area contributed by atoms with E-state index in [-0.39, 0.29) is 0 Å². The van der Waals surface area contributed by atoms with Crippen molar-refractivity contribution in [2.24, 2.45) is 11.1 Å². The summed E-state index contributed by atoms with van der Waals surface area (Å²) < 4.78 is 0. The maximum atomic E-state index is 10.4. The normalized spacial score (nSPS) is 14.2. The van der Waals surface area contributed by atoms with E-state index in [1.54, 1.807) is 0 Å². The molecule has 0 aliphatic heterocycles. The first-order valence-electron chi connectivity index (χ1n) is 4.81. The maximum Gasteiger partial charge on any atom is 0.320 e. The second-order valence-electron chi connectivity index (χ2n) is 4.75. The second-order valence-corrected chi connectivity index (χ2v) is 4.75. The number of carbonyl (C=O) groups is 1. The van der Waals surface area contributed by atoms with Crippen LogP contribution in [-0.4, -0.2) is 17.1 Å². The van der Waals surface area contributed by atoms with Crippen molar-refractivity contribution in [1.82, 2.24) is 0 Å². The van der Waals surface area contributed by atoms with E-state index in [0.29, 0.717) is 11.8 Å². The average Bonchev–Trinajstić information content (AvgIpc) is 1.95. The van der Waals surface area contributed by atoms with E-state index in [4.69, 9.17) is 10.8 Å². The summed E-state index contributed by atoms with van der Waals surface area (Å²) in [6.07, 6.45) is 3.68. The van der Waals surface area contributed by atoms with Crippen molar-refractivity contribution < 1.29 is 9.90 Å². The van der Waals surface area contributed by atoms with Gasteiger partial charge in [-0.3, -0.25) is 4.79 Å². The SMILES string of the molecule is CC(C)(C)CCCC[C@H](N)C(=O)O. The van der Waals surface area contributed by atoms with Crippen molar-refractivity contribution in [3.05, 3.63) is 0 Å².